The van der Waals surface area contributed by atoms with Crippen LogP contribution >= 0.6 is 0 Å². The van der Waals surface area contributed by atoms with Gasteiger partial charge >= 0.3 is 5.97 Å². The molecule has 1 fully saturated rings. The van der Waals surface area contributed by atoms with Crippen LogP contribution in [0.1, 0.15) is 12.8 Å². The monoisotopic (exact) mass is 337 g/mol. The molecule has 24 heavy (non-hydrogen) atoms. The van der Waals surface area contributed by atoms with E-state index < -0.39 is 24.6 Å². The van der Waals surface area contributed by atoms with Crippen LogP contribution in [0.2, 0.25) is 0 Å². The van der Waals surface area contributed by atoms with Crippen molar-refractivity contribution in [2.45, 2.75) is 18.9 Å². The molecule has 2 N–H and O–H groups in total. The van der Waals surface area contributed by atoms with E-state index >= 15 is 0 Å². The fourth-order valence-electron chi connectivity index (χ4n) is 2.37. The third-order valence-electron chi connectivity index (χ3n) is 3.74. The van der Waals surface area contributed by atoms with Crippen LogP contribution in [0.5, 0.6) is 5.75 Å². The van der Waals surface area contributed by atoms with Gasteiger partial charge in [0.15, 0.2) is 12.7 Å². The van der Waals surface area contributed by atoms with Gasteiger partial charge in [0.05, 0.1) is 6.54 Å². The summed E-state index contributed by atoms with van der Waals surface area (Å²) in [5, 5.41) is 12.5. The number of ether oxygens (including phenoxy) is 3. The number of carbonyl (C=O) groups excluding carboxylic acids is 2. The number of esters is 1. The molecule has 0 spiro atoms. The molecule has 1 saturated heterocycles. The van der Waals surface area contributed by atoms with Crippen molar-refractivity contribution >= 4 is 11.9 Å². The number of aliphatic hydroxyl groups excluding tert-OH is 1. The number of hydrogen-bond acceptors (Lipinski definition) is 6. The molecule has 0 aliphatic carbocycles. The number of hydrogen-bond donors (Lipinski definition) is 2. The molecule has 0 bridgehead atoms. The molecule has 1 unspecified atom stereocenters. The predicted octanol–water partition coefficient (Wildman–Crippen LogP) is 0.512. The third kappa shape index (κ3) is 6.17. The molecular formula is C17H23NO6. The number of carbonyl (C=O) groups is 2. The minimum atomic E-state index is -1.21. The molecule has 1 aliphatic rings. The van der Waals surface area contributed by atoms with Gasteiger partial charge in [0, 0.05) is 13.2 Å². The number of rotatable bonds is 8. The molecular weight excluding hydrogens is 314 g/mol. The van der Waals surface area contributed by atoms with E-state index in [1.807, 2.05) is 30.3 Å². The highest BCUT2D eigenvalue weighted by atomic mass is 16.6. The maximum atomic E-state index is 11.7. The lowest BCUT2D eigenvalue weighted by molar-refractivity contribution is -0.161. The standard InChI is InChI=1S/C17H23NO6/c19-15(18-8-11-23-14-4-2-1-3-5-14)12-24-17(21)16(20)13-6-9-22-10-7-13/h1-5,13,16,20H,6-12H2,(H,18,19). The highest BCUT2D eigenvalue weighted by molar-refractivity contribution is 5.82. The summed E-state index contributed by atoms with van der Waals surface area (Å²) in [7, 11) is 0. The number of aliphatic hydroxyl groups is 1. The van der Waals surface area contributed by atoms with Crippen molar-refractivity contribution in [2.75, 3.05) is 33.0 Å². The summed E-state index contributed by atoms with van der Waals surface area (Å²) in [6, 6.07) is 9.24. The van der Waals surface area contributed by atoms with Gasteiger partial charge in [-0.05, 0) is 30.9 Å². The molecule has 0 radical (unpaired) electrons. The Morgan fingerprint density at radius 2 is 1.96 bits per heavy atom. The van der Waals surface area contributed by atoms with Crippen molar-refractivity contribution < 1.29 is 28.9 Å². The second-order valence-corrected chi connectivity index (χ2v) is 5.51. The molecule has 0 saturated carbocycles. The summed E-state index contributed by atoms with van der Waals surface area (Å²) >= 11 is 0. The predicted molar refractivity (Wildman–Crippen MR) is 85.5 cm³/mol. The maximum absolute atomic E-state index is 11.7. The lowest BCUT2D eigenvalue weighted by Crippen LogP contribution is -2.38. The van der Waals surface area contributed by atoms with Gasteiger partial charge in [-0.15, -0.1) is 0 Å². The van der Waals surface area contributed by atoms with Crippen molar-refractivity contribution in [2.24, 2.45) is 5.92 Å². The van der Waals surface area contributed by atoms with Crippen LogP contribution in [0, 0.1) is 5.92 Å². The first-order valence-electron chi connectivity index (χ1n) is 8.04. The van der Waals surface area contributed by atoms with Crippen LogP contribution in [0.3, 0.4) is 0 Å². The van der Waals surface area contributed by atoms with E-state index in [0.29, 0.717) is 39.2 Å². The second kappa shape index (κ2) is 9.89. The maximum Gasteiger partial charge on any atom is 0.335 e. The number of nitrogens with one attached hydrogen (secondary N) is 1. The summed E-state index contributed by atoms with van der Waals surface area (Å²) in [5.74, 6) is -0.650. The first-order chi connectivity index (χ1) is 11.7. The van der Waals surface area contributed by atoms with Crippen LogP contribution in [0.15, 0.2) is 30.3 Å². The molecule has 7 heteroatoms. The highest BCUT2D eigenvalue weighted by Gasteiger charge is 2.29. The Hall–Kier alpha value is -2.12. The average molecular weight is 337 g/mol. The fraction of sp³-hybridized carbons (Fsp3) is 0.529. The zero-order chi connectivity index (χ0) is 17.2. The minimum absolute atomic E-state index is 0.173. The van der Waals surface area contributed by atoms with Gasteiger partial charge in [0.2, 0.25) is 0 Å². The zero-order valence-corrected chi connectivity index (χ0v) is 13.5. The van der Waals surface area contributed by atoms with Crippen molar-refractivity contribution in [3.8, 4) is 5.75 Å². The summed E-state index contributed by atoms with van der Waals surface area (Å²) in [4.78, 5) is 23.4. The fourth-order valence-corrected chi connectivity index (χ4v) is 2.37. The Labute approximate surface area is 140 Å². The van der Waals surface area contributed by atoms with E-state index in [4.69, 9.17) is 14.2 Å². The molecule has 1 aromatic rings. The second-order valence-electron chi connectivity index (χ2n) is 5.51. The van der Waals surface area contributed by atoms with Gasteiger partial charge in [-0.3, -0.25) is 4.79 Å². The Kier molecular flexibility index (Phi) is 7.51. The van der Waals surface area contributed by atoms with Crippen molar-refractivity contribution in [3.63, 3.8) is 0 Å². The average Bonchev–Trinajstić information content (AvgIpc) is 2.64. The molecule has 7 nitrogen and oxygen atoms in total. The van der Waals surface area contributed by atoms with E-state index in [0.717, 1.165) is 5.75 Å². The lowest BCUT2D eigenvalue weighted by Gasteiger charge is -2.25. The molecule has 0 aromatic heterocycles. The lowest BCUT2D eigenvalue weighted by atomic mass is 9.94. The van der Waals surface area contributed by atoms with Gasteiger partial charge in [0.25, 0.3) is 5.91 Å². The summed E-state index contributed by atoms with van der Waals surface area (Å²) in [6.45, 7) is 1.25. The van der Waals surface area contributed by atoms with E-state index in [1.165, 1.54) is 0 Å². The number of amides is 1. The molecule has 1 aromatic carbocycles. The Morgan fingerprint density at radius 3 is 2.67 bits per heavy atom. The Morgan fingerprint density at radius 1 is 1.25 bits per heavy atom. The van der Waals surface area contributed by atoms with Crippen LogP contribution in [0.4, 0.5) is 0 Å². The third-order valence-corrected chi connectivity index (χ3v) is 3.74. The number of benzene rings is 1. The van der Waals surface area contributed by atoms with E-state index in [2.05, 4.69) is 5.32 Å². The zero-order valence-electron chi connectivity index (χ0n) is 13.5. The highest BCUT2D eigenvalue weighted by Crippen LogP contribution is 2.19. The SMILES string of the molecule is O=C(COC(=O)C(O)C1CCOCC1)NCCOc1ccccc1. The van der Waals surface area contributed by atoms with Crippen LogP contribution in [-0.2, 0) is 19.1 Å². The molecule has 1 amide bonds. The van der Waals surface area contributed by atoms with Gasteiger partial charge in [-0.2, -0.15) is 0 Å². The van der Waals surface area contributed by atoms with Crippen LogP contribution < -0.4 is 10.1 Å². The first kappa shape index (κ1) is 18.2. The quantitative estimate of drug-likeness (QED) is 0.530. The molecule has 1 aliphatic heterocycles. The van der Waals surface area contributed by atoms with Crippen LogP contribution in [0.25, 0.3) is 0 Å². The van der Waals surface area contributed by atoms with Crippen molar-refractivity contribution in [1.29, 1.82) is 0 Å². The molecule has 2 rings (SSSR count). The summed E-state index contributed by atoms with van der Waals surface area (Å²) in [6.07, 6.45) is 0.0154. The van der Waals surface area contributed by atoms with Crippen molar-refractivity contribution in [1.82, 2.24) is 5.32 Å². The normalized spacial score (nSPS) is 16.2. The van der Waals surface area contributed by atoms with E-state index in [9.17, 15) is 14.7 Å². The first-order valence-corrected chi connectivity index (χ1v) is 8.04. The molecule has 1 atom stereocenters. The van der Waals surface area contributed by atoms with Crippen LogP contribution in [-0.4, -0.2) is 56.1 Å². The van der Waals surface area contributed by atoms with Crippen molar-refractivity contribution in [3.05, 3.63) is 30.3 Å². The van der Waals surface area contributed by atoms with Gasteiger partial charge in [0.1, 0.15) is 12.4 Å². The summed E-state index contributed by atoms with van der Waals surface area (Å²) < 4.78 is 15.5. The minimum Gasteiger partial charge on any atom is -0.492 e. The van der Waals surface area contributed by atoms with E-state index in [1.54, 1.807) is 0 Å². The summed E-state index contributed by atoms with van der Waals surface area (Å²) in [5.41, 5.74) is 0. The largest absolute Gasteiger partial charge is 0.492 e. The molecule has 1 heterocycles. The van der Waals surface area contributed by atoms with Gasteiger partial charge in [-0.25, -0.2) is 4.79 Å². The smallest absolute Gasteiger partial charge is 0.335 e. The topological polar surface area (TPSA) is 94.1 Å². The number of para-hydroxylation sites is 1. The van der Waals surface area contributed by atoms with Gasteiger partial charge in [-0.1, -0.05) is 18.2 Å². The Bertz CT molecular complexity index is 515. The molecule has 132 valence electrons. The van der Waals surface area contributed by atoms with E-state index in [-0.39, 0.29) is 5.92 Å². The van der Waals surface area contributed by atoms with Gasteiger partial charge < -0.3 is 24.6 Å². The Balaban J connectivity index is 1.57.